The molecule has 9 nitrogen and oxygen atoms in total. The maximum atomic E-state index is 13.5. The molecule has 1 aliphatic carbocycles. The molecule has 45 heavy (non-hydrogen) atoms. The van der Waals surface area contributed by atoms with Crippen molar-refractivity contribution in [1.29, 1.82) is 0 Å². The lowest BCUT2D eigenvalue weighted by atomic mass is 9.72. The van der Waals surface area contributed by atoms with Crippen LogP contribution in [0.1, 0.15) is 68.1 Å². The highest BCUT2D eigenvalue weighted by molar-refractivity contribution is 6.03. The molecule has 0 fully saturated rings. The number of Topliss-reactive ketones (excluding diaryl/α,β-unsaturated/α-hetero) is 3. The van der Waals surface area contributed by atoms with E-state index in [-0.39, 0.29) is 63.2 Å². The van der Waals surface area contributed by atoms with E-state index in [2.05, 4.69) is 30.4 Å². The summed E-state index contributed by atoms with van der Waals surface area (Å²) in [6.45, 7) is 4.13. The smallest absolute Gasteiger partial charge is 0.167 e. The Bertz CT molecular complexity index is 1510. The third-order valence-corrected chi connectivity index (χ3v) is 8.57. The molecule has 3 unspecified atom stereocenters. The highest BCUT2D eigenvalue weighted by atomic mass is 16.5. The van der Waals surface area contributed by atoms with Gasteiger partial charge in [-0.1, -0.05) is 42.0 Å². The van der Waals surface area contributed by atoms with Crippen LogP contribution in [0.5, 0.6) is 11.5 Å². The molecule has 3 aromatic carbocycles. The molecule has 1 aliphatic rings. The summed E-state index contributed by atoms with van der Waals surface area (Å²) in [5.74, 6) is -1.62. The zero-order chi connectivity index (χ0) is 31.8. The summed E-state index contributed by atoms with van der Waals surface area (Å²) in [4.78, 5) is 37.9. The largest absolute Gasteiger partial charge is 0.507 e. The van der Waals surface area contributed by atoms with Gasteiger partial charge in [0.2, 0.25) is 0 Å². The monoisotopic (exact) mass is 623 g/mol. The second kappa shape index (κ2) is 16.4. The third-order valence-electron chi connectivity index (χ3n) is 8.57. The van der Waals surface area contributed by atoms with Crippen molar-refractivity contribution in [3.63, 3.8) is 0 Å². The van der Waals surface area contributed by atoms with Crippen LogP contribution in [-0.2, 0) is 29.1 Å². The van der Waals surface area contributed by atoms with Crippen LogP contribution >= 0.6 is 0 Å². The van der Waals surface area contributed by atoms with Gasteiger partial charge in [0.05, 0.1) is 25.7 Å². The second-order valence-electron chi connectivity index (χ2n) is 12.0. The Morgan fingerprint density at radius 1 is 1.02 bits per heavy atom. The van der Waals surface area contributed by atoms with Crippen molar-refractivity contribution in [2.45, 2.75) is 59.0 Å². The van der Waals surface area contributed by atoms with Crippen LogP contribution < -0.4 is 10.1 Å². The van der Waals surface area contributed by atoms with Gasteiger partial charge in [-0.25, -0.2) is 0 Å². The maximum Gasteiger partial charge on any atom is 0.167 e. The normalized spacial score (nSPS) is 15.5. The quantitative estimate of drug-likeness (QED) is 0.178. The van der Waals surface area contributed by atoms with E-state index in [4.69, 9.17) is 4.74 Å². The molecule has 0 saturated heterocycles. The molecule has 3 aromatic rings. The highest BCUT2D eigenvalue weighted by Crippen LogP contribution is 2.43. The number of nitrogens with one attached hydrogen (secondary N) is 1. The van der Waals surface area contributed by atoms with Gasteiger partial charge in [-0.15, -0.1) is 0 Å². The second-order valence-corrected chi connectivity index (χ2v) is 12.0. The van der Waals surface area contributed by atoms with E-state index >= 15 is 0 Å². The van der Waals surface area contributed by atoms with E-state index in [0.717, 1.165) is 16.7 Å². The van der Waals surface area contributed by atoms with Crippen molar-refractivity contribution in [3.05, 3.63) is 82.4 Å². The van der Waals surface area contributed by atoms with Gasteiger partial charge in [0.25, 0.3) is 0 Å². The first-order valence-corrected chi connectivity index (χ1v) is 15.2. The molecular formula is C36H49NO8. The van der Waals surface area contributed by atoms with Gasteiger partial charge in [-0.3, -0.25) is 14.4 Å². The Morgan fingerprint density at radius 2 is 1.76 bits per heavy atom. The van der Waals surface area contributed by atoms with E-state index in [1.165, 1.54) is 18.1 Å². The number of carbonyl (C=O) groups excluding carboxylic acids is 3. The van der Waals surface area contributed by atoms with Crippen LogP contribution in [0, 0.1) is 24.7 Å². The molecule has 246 valence electrons. The molecule has 0 aliphatic heterocycles. The van der Waals surface area contributed by atoms with Gasteiger partial charge in [0.1, 0.15) is 23.1 Å². The van der Waals surface area contributed by atoms with Gasteiger partial charge in [0.15, 0.2) is 5.78 Å². The van der Waals surface area contributed by atoms with Crippen molar-refractivity contribution in [2.75, 3.05) is 20.3 Å². The molecule has 0 radical (unpaired) electrons. The fourth-order valence-corrected chi connectivity index (χ4v) is 6.52. The number of methoxy groups -OCH3 is 1. The number of phenolic OH excluding ortho intramolecular Hbond substituents is 1. The van der Waals surface area contributed by atoms with Gasteiger partial charge in [-0.2, -0.15) is 0 Å². The molecular weight excluding hydrogens is 574 g/mol. The molecule has 6 N–H and O–H groups in total. The molecule has 0 amide bonds. The lowest BCUT2D eigenvalue weighted by molar-refractivity contribution is -0.131. The Hall–Kier alpha value is -3.89. The molecule has 0 aromatic heterocycles. The number of hydrogen-bond acceptors (Lipinski definition) is 8. The fraction of sp³-hybridized carbons (Fsp3) is 0.417. The Morgan fingerprint density at radius 3 is 2.40 bits per heavy atom. The number of fused-ring (bicyclic) bond motifs is 1. The zero-order valence-electron chi connectivity index (χ0n) is 26.3. The number of rotatable bonds is 15. The summed E-state index contributed by atoms with van der Waals surface area (Å²) in [5.41, 5.74) is 6.05. The van der Waals surface area contributed by atoms with Crippen LogP contribution in [0.15, 0.2) is 54.6 Å². The molecule has 0 spiro atoms. The third kappa shape index (κ3) is 8.85. The van der Waals surface area contributed by atoms with E-state index < -0.39 is 18.4 Å². The molecule has 0 bridgehead atoms. The van der Waals surface area contributed by atoms with E-state index in [1.54, 1.807) is 13.2 Å². The number of phenols is 1. The van der Waals surface area contributed by atoms with E-state index in [9.17, 15) is 29.7 Å². The number of aliphatic hydroxyl groups excluding tert-OH is 2. The van der Waals surface area contributed by atoms with Crippen molar-refractivity contribution >= 4 is 17.3 Å². The minimum atomic E-state index is -0.796. The summed E-state index contributed by atoms with van der Waals surface area (Å²) in [6.07, 6.45) is 1.05. The van der Waals surface area contributed by atoms with Crippen LogP contribution in [0.2, 0.25) is 0 Å². The maximum absolute atomic E-state index is 13.5. The van der Waals surface area contributed by atoms with E-state index in [0.29, 0.717) is 42.8 Å². The summed E-state index contributed by atoms with van der Waals surface area (Å²) >= 11 is 0. The SMILES string of the molecule is COc1ccc(CNCc2cccc(C)c2)cc1-c1ccc(O)c2c1CC(CC(CCO)C(CO)C(=O)CC(C)=O)CC2=O.O.[HH].[HH]. The molecule has 0 saturated carbocycles. The van der Waals surface area contributed by atoms with Gasteiger partial charge in [-0.05, 0) is 85.4 Å². The lowest BCUT2D eigenvalue weighted by Gasteiger charge is -2.32. The van der Waals surface area contributed by atoms with Crippen molar-refractivity contribution in [3.8, 4) is 22.6 Å². The minimum absolute atomic E-state index is 0. The summed E-state index contributed by atoms with van der Waals surface area (Å²) in [7, 11) is 1.60. The fourth-order valence-electron chi connectivity index (χ4n) is 6.52. The molecule has 4 rings (SSSR count). The number of aliphatic hydroxyl groups is 2. The zero-order valence-corrected chi connectivity index (χ0v) is 26.3. The Kier molecular flexibility index (Phi) is 13.0. The van der Waals surface area contributed by atoms with Crippen molar-refractivity contribution in [2.24, 2.45) is 17.8 Å². The van der Waals surface area contributed by atoms with E-state index in [1.807, 2.05) is 30.3 Å². The topological polar surface area (TPSA) is 165 Å². The summed E-state index contributed by atoms with van der Waals surface area (Å²) in [5, 5.41) is 34.1. The average molecular weight is 624 g/mol. The lowest BCUT2D eigenvalue weighted by Crippen LogP contribution is -2.32. The van der Waals surface area contributed by atoms with Gasteiger partial charge >= 0.3 is 0 Å². The molecule has 0 heterocycles. The number of aromatic hydroxyl groups is 1. The molecule has 3 atom stereocenters. The highest BCUT2D eigenvalue weighted by Gasteiger charge is 2.35. The number of benzene rings is 3. The van der Waals surface area contributed by atoms with Gasteiger partial charge in [0, 0.05) is 40.5 Å². The standard InChI is InChI=1S/C36H43NO7.H2O.2H2/c1-22-5-4-6-24(13-22)19-37-20-25-7-10-35(44-3)29(16-25)28-8-9-32(41)36-30(28)17-26(18-34(36)43)15-27(11-12-38)31(21-39)33(42)14-23(2)40;;;/h4-10,13,16,26-27,31,37-39,41H,11-12,14-15,17-21H2,1-3H3;1H2;2*1H. The number of carbonyl (C=O) groups is 3. The number of ether oxygens (including phenoxy) is 1. The van der Waals surface area contributed by atoms with Crippen LogP contribution in [0.3, 0.4) is 0 Å². The number of ketones is 3. The Labute approximate surface area is 267 Å². The molecule has 9 heteroatoms. The number of hydrogen-bond donors (Lipinski definition) is 4. The van der Waals surface area contributed by atoms with Crippen LogP contribution in [0.25, 0.3) is 11.1 Å². The Balaban J connectivity index is 0.00000368. The van der Waals surface area contributed by atoms with Crippen molar-refractivity contribution in [1.82, 2.24) is 5.32 Å². The van der Waals surface area contributed by atoms with Crippen LogP contribution in [0.4, 0.5) is 0 Å². The average Bonchev–Trinajstić information content (AvgIpc) is 2.97. The van der Waals surface area contributed by atoms with Gasteiger partial charge < -0.3 is 30.8 Å². The van der Waals surface area contributed by atoms with Crippen LogP contribution in [-0.4, -0.2) is 58.5 Å². The number of aryl methyl sites for hydroxylation is 1. The first-order chi connectivity index (χ1) is 21.1. The summed E-state index contributed by atoms with van der Waals surface area (Å²) < 4.78 is 5.73. The summed E-state index contributed by atoms with van der Waals surface area (Å²) in [6, 6.07) is 17.6. The minimum Gasteiger partial charge on any atom is -0.507 e. The first-order valence-electron chi connectivity index (χ1n) is 15.2. The predicted molar refractivity (Wildman–Crippen MR) is 176 cm³/mol. The first kappa shape index (κ1) is 35.6. The predicted octanol–water partition coefficient (Wildman–Crippen LogP) is 4.62. The van der Waals surface area contributed by atoms with Crippen molar-refractivity contribution < 1.29 is 42.8 Å².